The second-order valence-corrected chi connectivity index (χ2v) is 7.97. The number of halogens is 2. The van der Waals surface area contributed by atoms with Crippen molar-refractivity contribution in [3.8, 4) is 0 Å². The molecule has 5 nitrogen and oxygen atoms in total. The number of rotatable bonds is 2. The van der Waals surface area contributed by atoms with E-state index in [4.69, 9.17) is 11.6 Å². The van der Waals surface area contributed by atoms with Gasteiger partial charge in [0.15, 0.2) is 0 Å². The Morgan fingerprint density at radius 2 is 1.96 bits per heavy atom. The Bertz CT molecular complexity index is 588. The molecular formula is C16H23Cl2N3O2S. The van der Waals surface area contributed by atoms with Crippen molar-refractivity contribution in [2.45, 2.75) is 25.8 Å². The van der Waals surface area contributed by atoms with Crippen LogP contribution in [0.1, 0.15) is 29.4 Å². The van der Waals surface area contributed by atoms with Gasteiger partial charge in [0.1, 0.15) is 0 Å². The number of piperidine rings is 1. The molecule has 2 aliphatic rings. The summed E-state index contributed by atoms with van der Waals surface area (Å²) in [5.74, 6) is 0.333. The molecule has 0 saturated carbocycles. The molecule has 1 aromatic rings. The Hall–Kier alpha value is -0.820. The average molecular weight is 392 g/mol. The van der Waals surface area contributed by atoms with E-state index in [1.807, 2.05) is 9.80 Å². The molecule has 24 heavy (non-hydrogen) atoms. The highest BCUT2D eigenvalue weighted by atomic mass is 35.5. The summed E-state index contributed by atoms with van der Waals surface area (Å²) in [6, 6.07) is 3.78. The molecule has 2 amide bonds. The van der Waals surface area contributed by atoms with Gasteiger partial charge >= 0.3 is 0 Å². The molecule has 3 heterocycles. The first-order valence-corrected chi connectivity index (χ1v) is 9.31. The third-order valence-corrected chi connectivity index (χ3v) is 5.92. The van der Waals surface area contributed by atoms with Gasteiger partial charge in [0.05, 0.1) is 9.21 Å². The van der Waals surface area contributed by atoms with Crippen molar-refractivity contribution >= 4 is 47.2 Å². The fraction of sp³-hybridized carbons (Fsp3) is 0.625. The van der Waals surface area contributed by atoms with Crippen molar-refractivity contribution in [1.82, 2.24) is 15.1 Å². The van der Waals surface area contributed by atoms with Gasteiger partial charge in [-0.2, -0.15) is 0 Å². The molecule has 1 atom stereocenters. The van der Waals surface area contributed by atoms with Crippen LogP contribution in [0, 0.1) is 5.92 Å². The van der Waals surface area contributed by atoms with Crippen molar-refractivity contribution in [2.75, 3.05) is 32.7 Å². The molecule has 0 unspecified atom stereocenters. The van der Waals surface area contributed by atoms with Crippen molar-refractivity contribution in [3.05, 3.63) is 21.3 Å². The zero-order chi connectivity index (χ0) is 16.4. The van der Waals surface area contributed by atoms with Crippen LogP contribution < -0.4 is 5.32 Å². The molecule has 0 aliphatic carbocycles. The van der Waals surface area contributed by atoms with Gasteiger partial charge in [-0.3, -0.25) is 9.59 Å². The lowest BCUT2D eigenvalue weighted by atomic mass is 9.94. The minimum Gasteiger partial charge on any atom is -0.338 e. The maximum atomic E-state index is 12.7. The maximum absolute atomic E-state index is 12.7. The van der Waals surface area contributed by atoms with Gasteiger partial charge in [-0.15, -0.1) is 23.7 Å². The van der Waals surface area contributed by atoms with Gasteiger partial charge < -0.3 is 15.1 Å². The second kappa shape index (κ2) is 8.52. The number of amides is 2. The Morgan fingerprint density at radius 1 is 1.25 bits per heavy atom. The Labute approximate surface area is 157 Å². The second-order valence-electron chi connectivity index (χ2n) is 6.26. The minimum atomic E-state index is 0. The van der Waals surface area contributed by atoms with Crippen LogP contribution in [0.5, 0.6) is 0 Å². The molecule has 2 fully saturated rings. The lowest BCUT2D eigenvalue weighted by Gasteiger charge is -2.39. The van der Waals surface area contributed by atoms with Gasteiger partial charge in [-0.1, -0.05) is 11.6 Å². The van der Waals surface area contributed by atoms with E-state index in [1.165, 1.54) is 11.3 Å². The quantitative estimate of drug-likeness (QED) is 0.842. The monoisotopic (exact) mass is 391 g/mol. The largest absolute Gasteiger partial charge is 0.338 e. The SMILES string of the molecule is C[C@@H]1CNCCN1C(=O)C1CCN(C(=O)c2ccc(Cl)s2)CC1.Cl. The summed E-state index contributed by atoms with van der Waals surface area (Å²) >= 11 is 7.21. The fourth-order valence-corrected chi connectivity index (χ4v) is 4.33. The van der Waals surface area contributed by atoms with Gasteiger partial charge in [0, 0.05) is 44.7 Å². The topological polar surface area (TPSA) is 52.7 Å². The third kappa shape index (κ3) is 4.23. The number of thiophene rings is 1. The molecule has 2 aliphatic heterocycles. The van der Waals surface area contributed by atoms with E-state index in [0.717, 1.165) is 32.5 Å². The van der Waals surface area contributed by atoms with Crippen LogP contribution in [0.15, 0.2) is 12.1 Å². The van der Waals surface area contributed by atoms with Crippen LogP contribution in [0.3, 0.4) is 0 Å². The first kappa shape index (κ1) is 19.5. The molecule has 0 spiro atoms. The molecular weight excluding hydrogens is 369 g/mol. The van der Waals surface area contributed by atoms with Gasteiger partial charge in [0.2, 0.25) is 5.91 Å². The van der Waals surface area contributed by atoms with Crippen molar-refractivity contribution < 1.29 is 9.59 Å². The Balaban J connectivity index is 0.00000208. The molecule has 3 rings (SSSR count). The summed E-state index contributed by atoms with van der Waals surface area (Å²) in [6.07, 6.45) is 1.50. The predicted octanol–water partition coefficient (Wildman–Crippen LogP) is 2.50. The molecule has 2 saturated heterocycles. The standard InChI is InChI=1S/C16H22ClN3O2S.ClH/c1-11-10-18-6-9-20(11)15(21)12-4-7-19(8-5-12)16(22)13-2-3-14(17)23-13;/h2-3,11-12,18H,4-10H2,1H3;1H/t11-;/m1./s1. The molecule has 1 N–H and O–H groups in total. The fourth-order valence-electron chi connectivity index (χ4n) is 3.32. The Kier molecular flexibility index (Phi) is 6.92. The Morgan fingerprint density at radius 3 is 2.54 bits per heavy atom. The van der Waals surface area contributed by atoms with Crippen LogP contribution in [-0.4, -0.2) is 60.4 Å². The van der Waals surface area contributed by atoms with Crippen molar-refractivity contribution in [1.29, 1.82) is 0 Å². The number of piperazine rings is 1. The minimum absolute atomic E-state index is 0. The molecule has 8 heteroatoms. The number of hydrogen-bond donors (Lipinski definition) is 1. The van der Waals surface area contributed by atoms with Crippen molar-refractivity contribution in [2.24, 2.45) is 5.92 Å². The number of hydrogen-bond acceptors (Lipinski definition) is 4. The van der Waals surface area contributed by atoms with E-state index in [9.17, 15) is 9.59 Å². The highest BCUT2D eigenvalue weighted by Gasteiger charge is 2.33. The zero-order valence-corrected chi connectivity index (χ0v) is 16.1. The summed E-state index contributed by atoms with van der Waals surface area (Å²) < 4.78 is 0.631. The van der Waals surface area contributed by atoms with E-state index >= 15 is 0 Å². The summed E-state index contributed by atoms with van der Waals surface area (Å²) in [5, 5.41) is 3.31. The van der Waals surface area contributed by atoms with Gasteiger partial charge in [-0.25, -0.2) is 0 Å². The van der Waals surface area contributed by atoms with Crippen LogP contribution in [0.2, 0.25) is 4.34 Å². The lowest BCUT2D eigenvalue weighted by Crippen LogP contribution is -2.55. The highest BCUT2D eigenvalue weighted by molar-refractivity contribution is 7.17. The van der Waals surface area contributed by atoms with E-state index in [1.54, 1.807) is 12.1 Å². The van der Waals surface area contributed by atoms with Crippen LogP contribution >= 0.6 is 35.3 Å². The van der Waals surface area contributed by atoms with Crippen LogP contribution in [0.25, 0.3) is 0 Å². The van der Waals surface area contributed by atoms with Crippen molar-refractivity contribution in [3.63, 3.8) is 0 Å². The number of carbonyl (C=O) groups is 2. The third-order valence-electron chi connectivity index (χ3n) is 4.70. The first-order chi connectivity index (χ1) is 11.1. The van der Waals surface area contributed by atoms with Gasteiger partial charge in [0.25, 0.3) is 5.91 Å². The van der Waals surface area contributed by atoms with E-state index in [0.29, 0.717) is 22.3 Å². The number of nitrogens with one attached hydrogen (secondary N) is 1. The number of nitrogens with zero attached hydrogens (tertiary/aromatic N) is 2. The summed E-state index contributed by atoms with van der Waals surface area (Å²) in [5.41, 5.74) is 0. The molecule has 0 bridgehead atoms. The summed E-state index contributed by atoms with van der Waals surface area (Å²) in [7, 11) is 0. The zero-order valence-electron chi connectivity index (χ0n) is 13.7. The van der Waals surface area contributed by atoms with Gasteiger partial charge in [-0.05, 0) is 31.9 Å². The molecule has 1 aromatic heterocycles. The summed E-state index contributed by atoms with van der Waals surface area (Å²) in [6.45, 7) is 5.89. The first-order valence-electron chi connectivity index (χ1n) is 8.12. The molecule has 0 aromatic carbocycles. The normalized spacial score (nSPS) is 22.2. The maximum Gasteiger partial charge on any atom is 0.263 e. The number of carbonyl (C=O) groups excluding carboxylic acids is 2. The summed E-state index contributed by atoms with van der Waals surface area (Å²) in [4.78, 5) is 29.6. The molecule has 134 valence electrons. The smallest absolute Gasteiger partial charge is 0.263 e. The lowest BCUT2D eigenvalue weighted by molar-refractivity contribution is -0.139. The number of likely N-dealkylation sites (tertiary alicyclic amines) is 1. The highest BCUT2D eigenvalue weighted by Crippen LogP contribution is 2.26. The molecule has 0 radical (unpaired) electrons. The average Bonchev–Trinajstić information content (AvgIpc) is 3.01. The van der Waals surface area contributed by atoms with E-state index in [-0.39, 0.29) is 36.2 Å². The van der Waals surface area contributed by atoms with Crippen LogP contribution in [-0.2, 0) is 4.79 Å². The predicted molar refractivity (Wildman–Crippen MR) is 99.2 cm³/mol. The van der Waals surface area contributed by atoms with E-state index < -0.39 is 0 Å². The van der Waals surface area contributed by atoms with Crippen LogP contribution in [0.4, 0.5) is 0 Å². The van der Waals surface area contributed by atoms with E-state index in [2.05, 4.69) is 12.2 Å².